The van der Waals surface area contributed by atoms with Crippen molar-refractivity contribution >= 4 is 43.6 Å². The number of nitrogens with one attached hydrogen (secondary N) is 1. The Morgan fingerprint density at radius 3 is 2.70 bits per heavy atom. The van der Waals surface area contributed by atoms with Crippen LogP contribution in [0.15, 0.2) is 46.6 Å². The SMILES string of the molecule is CS(=O)(=O)N1CCC(C2c3ccc(Cl)cc3C=C(Br)C3=CC=CNC32)CC1. The molecule has 1 aromatic carbocycles. The number of fused-ring (bicyclic) bond motifs is 2. The molecule has 0 bridgehead atoms. The van der Waals surface area contributed by atoms with Gasteiger partial charge >= 0.3 is 0 Å². The molecule has 144 valence electrons. The van der Waals surface area contributed by atoms with Gasteiger partial charge in [0.1, 0.15) is 0 Å². The van der Waals surface area contributed by atoms with Crippen molar-refractivity contribution in [2.45, 2.75) is 24.8 Å². The molecule has 1 saturated heterocycles. The van der Waals surface area contributed by atoms with Crippen LogP contribution in [-0.2, 0) is 10.0 Å². The van der Waals surface area contributed by atoms with Gasteiger partial charge in [0, 0.05) is 28.5 Å². The maximum absolute atomic E-state index is 11.9. The van der Waals surface area contributed by atoms with Crippen LogP contribution >= 0.6 is 27.5 Å². The van der Waals surface area contributed by atoms with Gasteiger partial charge in [0.05, 0.1) is 12.3 Å². The molecule has 1 aliphatic carbocycles. The summed E-state index contributed by atoms with van der Waals surface area (Å²) in [6.45, 7) is 1.16. The summed E-state index contributed by atoms with van der Waals surface area (Å²) in [5.74, 6) is 0.642. The fraction of sp³-hybridized carbons (Fsp3) is 0.400. The first-order valence-electron chi connectivity index (χ1n) is 9.09. The third-order valence-electron chi connectivity index (χ3n) is 5.78. The number of rotatable bonds is 2. The lowest BCUT2D eigenvalue weighted by atomic mass is 9.73. The van der Waals surface area contributed by atoms with E-state index in [1.54, 1.807) is 4.31 Å². The normalized spacial score (nSPS) is 26.3. The minimum absolute atomic E-state index is 0.151. The number of hydrogen-bond donors (Lipinski definition) is 1. The maximum atomic E-state index is 11.9. The summed E-state index contributed by atoms with van der Waals surface area (Å²) in [6, 6.07) is 6.25. The van der Waals surface area contributed by atoms with Crippen LogP contribution in [0, 0.1) is 5.92 Å². The first-order valence-corrected chi connectivity index (χ1v) is 12.1. The van der Waals surface area contributed by atoms with Gasteiger partial charge in [0.2, 0.25) is 10.0 Å². The van der Waals surface area contributed by atoms with E-state index in [1.807, 2.05) is 24.4 Å². The first kappa shape index (κ1) is 19.2. The van der Waals surface area contributed by atoms with Crippen molar-refractivity contribution in [2.75, 3.05) is 19.3 Å². The molecule has 3 aliphatic rings. The zero-order valence-electron chi connectivity index (χ0n) is 15.0. The Morgan fingerprint density at radius 2 is 2.00 bits per heavy atom. The molecule has 2 heterocycles. The molecular weight excluding hydrogens is 448 g/mol. The van der Waals surface area contributed by atoms with Crippen molar-refractivity contribution in [3.05, 3.63) is 62.8 Å². The Balaban J connectivity index is 1.73. The van der Waals surface area contributed by atoms with Crippen molar-refractivity contribution in [3.8, 4) is 0 Å². The number of sulfonamides is 1. The van der Waals surface area contributed by atoms with Crippen LogP contribution in [0.3, 0.4) is 0 Å². The Kier molecular flexibility index (Phi) is 5.27. The van der Waals surface area contributed by atoms with Gasteiger partial charge in [-0.1, -0.05) is 39.7 Å². The summed E-state index contributed by atoms with van der Waals surface area (Å²) in [6.07, 6.45) is 11.3. The molecule has 2 unspecified atom stereocenters. The van der Waals surface area contributed by atoms with E-state index in [2.05, 4.69) is 39.5 Å². The molecule has 0 saturated carbocycles. The number of benzene rings is 1. The van der Waals surface area contributed by atoms with Crippen LogP contribution in [0.5, 0.6) is 0 Å². The van der Waals surface area contributed by atoms with Crippen LogP contribution in [0.4, 0.5) is 0 Å². The lowest BCUT2D eigenvalue weighted by Gasteiger charge is -2.40. The fourth-order valence-electron chi connectivity index (χ4n) is 4.50. The monoisotopic (exact) mass is 468 g/mol. The predicted molar refractivity (Wildman–Crippen MR) is 114 cm³/mol. The molecule has 4 nitrogen and oxygen atoms in total. The average molecular weight is 470 g/mol. The number of dihydropyridines is 1. The quantitative estimate of drug-likeness (QED) is 0.704. The van der Waals surface area contributed by atoms with Crippen LogP contribution < -0.4 is 5.32 Å². The molecule has 0 aromatic heterocycles. The van der Waals surface area contributed by atoms with Gasteiger partial charge in [0.15, 0.2) is 0 Å². The van der Waals surface area contributed by atoms with Gasteiger partial charge in [-0.25, -0.2) is 12.7 Å². The van der Waals surface area contributed by atoms with E-state index in [0.29, 0.717) is 19.0 Å². The molecular formula is C20H22BrClN2O2S. The first-order chi connectivity index (χ1) is 12.8. The van der Waals surface area contributed by atoms with Crippen molar-refractivity contribution in [1.82, 2.24) is 9.62 Å². The molecule has 0 amide bonds. The molecule has 7 heteroatoms. The van der Waals surface area contributed by atoms with E-state index in [-0.39, 0.29) is 12.0 Å². The van der Waals surface area contributed by atoms with Crippen LogP contribution in [-0.4, -0.2) is 38.1 Å². The summed E-state index contributed by atoms with van der Waals surface area (Å²) >= 11 is 10.0. The molecule has 1 N–H and O–H groups in total. The van der Waals surface area contributed by atoms with Crippen LogP contribution in [0.25, 0.3) is 6.08 Å². The summed E-state index contributed by atoms with van der Waals surface area (Å²) < 4.78 is 26.5. The van der Waals surface area contributed by atoms with Gasteiger partial charge < -0.3 is 5.32 Å². The topological polar surface area (TPSA) is 49.4 Å². The van der Waals surface area contributed by atoms with Gasteiger partial charge in [-0.3, -0.25) is 0 Å². The Bertz CT molecular complexity index is 947. The summed E-state index contributed by atoms with van der Waals surface area (Å²) in [5, 5.41) is 4.27. The zero-order chi connectivity index (χ0) is 19.2. The number of piperidine rings is 1. The Morgan fingerprint density at radius 1 is 1.26 bits per heavy atom. The predicted octanol–water partition coefficient (Wildman–Crippen LogP) is 4.26. The van der Waals surface area contributed by atoms with E-state index in [1.165, 1.54) is 17.4 Å². The van der Waals surface area contributed by atoms with E-state index >= 15 is 0 Å². The Hall–Kier alpha value is -1.08. The highest BCUT2D eigenvalue weighted by Crippen LogP contribution is 2.45. The molecule has 1 fully saturated rings. The van der Waals surface area contributed by atoms with Gasteiger partial charge in [-0.2, -0.15) is 0 Å². The maximum Gasteiger partial charge on any atom is 0.211 e. The minimum atomic E-state index is -3.13. The molecule has 2 atom stereocenters. The van der Waals surface area contributed by atoms with Crippen LogP contribution in [0.2, 0.25) is 5.02 Å². The van der Waals surface area contributed by atoms with Crippen LogP contribution in [0.1, 0.15) is 29.9 Å². The largest absolute Gasteiger partial charge is 0.383 e. The Labute approximate surface area is 174 Å². The number of hydrogen-bond acceptors (Lipinski definition) is 3. The highest BCUT2D eigenvalue weighted by molar-refractivity contribution is 9.12. The average Bonchev–Trinajstić information content (AvgIpc) is 2.75. The van der Waals surface area contributed by atoms with Gasteiger partial charge in [-0.05, 0) is 65.9 Å². The number of allylic oxidation sites excluding steroid dienone is 2. The second-order valence-corrected chi connectivity index (χ2v) is 10.7. The highest BCUT2D eigenvalue weighted by Gasteiger charge is 2.39. The lowest BCUT2D eigenvalue weighted by Crippen LogP contribution is -2.44. The number of halogens is 2. The van der Waals surface area contributed by atoms with Crippen molar-refractivity contribution < 1.29 is 8.42 Å². The van der Waals surface area contributed by atoms with Gasteiger partial charge in [0.25, 0.3) is 0 Å². The minimum Gasteiger partial charge on any atom is -0.383 e. The van der Waals surface area contributed by atoms with E-state index < -0.39 is 10.0 Å². The third-order valence-corrected chi connectivity index (χ3v) is 8.01. The third kappa shape index (κ3) is 3.77. The molecule has 4 rings (SSSR count). The smallest absolute Gasteiger partial charge is 0.211 e. The van der Waals surface area contributed by atoms with E-state index in [4.69, 9.17) is 11.6 Å². The molecule has 0 radical (unpaired) electrons. The standard InChI is InChI=1S/C20H22BrClN2O2S/c1-27(25,26)24-9-6-13(7-10-24)19-16-5-4-15(22)11-14(16)12-18(21)17-3-2-8-23-20(17)19/h2-5,8,11-13,19-20,23H,6-7,9-10H2,1H3. The molecule has 0 spiro atoms. The molecule has 2 aliphatic heterocycles. The summed E-state index contributed by atoms with van der Waals surface area (Å²) in [4.78, 5) is 0. The van der Waals surface area contributed by atoms with Crippen molar-refractivity contribution in [1.29, 1.82) is 0 Å². The highest BCUT2D eigenvalue weighted by atomic mass is 79.9. The second kappa shape index (κ2) is 7.39. The lowest BCUT2D eigenvalue weighted by molar-refractivity contribution is 0.229. The van der Waals surface area contributed by atoms with E-state index in [9.17, 15) is 8.42 Å². The zero-order valence-corrected chi connectivity index (χ0v) is 18.2. The molecule has 1 aromatic rings. The van der Waals surface area contributed by atoms with E-state index in [0.717, 1.165) is 27.9 Å². The van der Waals surface area contributed by atoms with Crippen molar-refractivity contribution in [2.24, 2.45) is 5.92 Å². The molecule has 27 heavy (non-hydrogen) atoms. The summed E-state index contributed by atoms with van der Waals surface area (Å²) in [5.41, 5.74) is 3.62. The number of nitrogens with zero attached hydrogens (tertiary/aromatic N) is 1. The van der Waals surface area contributed by atoms with Gasteiger partial charge in [-0.15, -0.1) is 0 Å². The summed E-state index contributed by atoms with van der Waals surface area (Å²) in [7, 11) is -3.13. The fourth-order valence-corrected chi connectivity index (χ4v) is 6.18. The second-order valence-electron chi connectivity index (χ2n) is 7.42. The van der Waals surface area contributed by atoms with Crippen molar-refractivity contribution in [3.63, 3.8) is 0 Å².